The second kappa shape index (κ2) is 9.34. The maximum Gasteiger partial charge on any atom is 0.184 e. The summed E-state index contributed by atoms with van der Waals surface area (Å²) in [6.07, 6.45) is 2.92. The van der Waals surface area contributed by atoms with Crippen molar-refractivity contribution in [3.63, 3.8) is 0 Å². The molecule has 6 atom stereocenters. The van der Waals surface area contributed by atoms with Gasteiger partial charge < -0.3 is 19.3 Å². The summed E-state index contributed by atoms with van der Waals surface area (Å²) in [7, 11) is 0. The Balaban J connectivity index is 1.44. The van der Waals surface area contributed by atoms with Crippen LogP contribution in [0.2, 0.25) is 5.02 Å². The van der Waals surface area contributed by atoms with Crippen molar-refractivity contribution in [2.75, 3.05) is 6.61 Å². The predicted molar refractivity (Wildman–Crippen MR) is 124 cm³/mol. The van der Waals surface area contributed by atoms with Crippen LogP contribution < -0.4 is 0 Å². The van der Waals surface area contributed by atoms with Gasteiger partial charge in [0.1, 0.15) is 33.5 Å². The molecule has 1 N–H and O–H groups in total. The molecule has 2 fully saturated rings. The van der Waals surface area contributed by atoms with Gasteiger partial charge >= 0.3 is 0 Å². The largest absolute Gasteiger partial charge is 0.387 e. The first kappa shape index (κ1) is 21.6. The molecule has 0 bridgehead atoms. The van der Waals surface area contributed by atoms with Gasteiger partial charge in [-0.1, -0.05) is 53.7 Å². The molecule has 3 unspecified atom stereocenters. The van der Waals surface area contributed by atoms with Crippen LogP contribution in [0.5, 0.6) is 0 Å². The van der Waals surface area contributed by atoms with Gasteiger partial charge in [0.15, 0.2) is 6.29 Å². The first-order chi connectivity index (χ1) is 15.1. The van der Waals surface area contributed by atoms with E-state index in [9.17, 15) is 5.11 Å². The number of aliphatic hydroxyl groups excluding tert-OH is 1. The SMILES string of the molecule is OC1[C@@H](Sc2cncc(Cl)c2)OC2COC(c3ccccc3)O[C@@H]2[C@@H]1n1ccc(I)n1. The van der Waals surface area contributed by atoms with Crippen molar-refractivity contribution in [3.8, 4) is 0 Å². The van der Waals surface area contributed by atoms with E-state index in [0.717, 1.165) is 14.2 Å². The highest BCUT2D eigenvalue weighted by Gasteiger charge is 2.51. The number of benzene rings is 1. The number of hydrogen-bond acceptors (Lipinski definition) is 7. The molecule has 0 saturated carbocycles. The van der Waals surface area contributed by atoms with Gasteiger partial charge in [-0.25, -0.2) is 0 Å². The van der Waals surface area contributed by atoms with Crippen molar-refractivity contribution in [1.29, 1.82) is 0 Å². The van der Waals surface area contributed by atoms with Gasteiger partial charge in [-0.3, -0.25) is 9.67 Å². The molecule has 1 aromatic carbocycles. The van der Waals surface area contributed by atoms with E-state index in [2.05, 4.69) is 32.7 Å². The summed E-state index contributed by atoms with van der Waals surface area (Å²) >= 11 is 9.60. The van der Waals surface area contributed by atoms with Gasteiger partial charge in [0.05, 0.1) is 11.6 Å². The third-order valence-electron chi connectivity index (χ3n) is 5.22. The minimum absolute atomic E-state index is 0.344. The monoisotopic (exact) mass is 571 g/mol. The Morgan fingerprint density at radius 3 is 2.74 bits per heavy atom. The summed E-state index contributed by atoms with van der Waals surface area (Å²) in [4.78, 5) is 4.93. The average molecular weight is 572 g/mol. The molecule has 0 spiro atoms. The lowest BCUT2D eigenvalue weighted by molar-refractivity contribution is -0.306. The lowest BCUT2D eigenvalue weighted by atomic mass is 9.96. The molecule has 162 valence electrons. The van der Waals surface area contributed by atoms with Crippen molar-refractivity contribution in [1.82, 2.24) is 14.8 Å². The van der Waals surface area contributed by atoms with Gasteiger partial charge in [-0.15, -0.1) is 0 Å². The fourth-order valence-electron chi connectivity index (χ4n) is 3.83. The Labute approximate surface area is 202 Å². The second-order valence-corrected chi connectivity index (χ2v) is 9.99. The third kappa shape index (κ3) is 4.63. The van der Waals surface area contributed by atoms with Crippen LogP contribution in [0.3, 0.4) is 0 Å². The fraction of sp³-hybridized carbons (Fsp3) is 0.333. The van der Waals surface area contributed by atoms with Crippen LogP contribution in [0, 0.1) is 3.70 Å². The normalized spacial score (nSPS) is 30.7. The van der Waals surface area contributed by atoms with Crippen LogP contribution in [0.25, 0.3) is 0 Å². The number of pyridine rings is 1. The molecule has 7 nitrogen and oxygen atoms in total. The standard InChI is InChI=1S/C21H19ClIN3O4S/c22-13-8-14(10-24-9-13)31-21-18(27)17(26-7-6-16(23)25-26)19-15(29-21)11-28-20(30-19)12-4-2-1-3-5-12/h1-10,15,17-21,27H,11H2/t15?,17-,18?,19+,20?,21-/m1/s1. The van der Waals surface area contributed by atoms with Crippen molar-refractivity contribution in [2.24, 2.45) is 0 Å². The molecular formula is C21H19ClIN3O4S. The molecular weight excluding hydrogens is 553 g/mol. The second-order valence-electron chi connectivity index (χ2n) is 7.28. The zero-order valence-electron chi connectivity index (χ0n) is 16.1. The highest BCUT2D eigenvalue weighted by Crippen LogP contribution is 2.43. The smallest absolute Gasteiger partial charge is 0.184 e. The van der Waals surface area contributed by atoms with E-state index in [0.29, 0.717) is 11.6 Å². The number of aliphatic hydroxyl groups is 1. The van der Waals surface area contributed by atoms with Crippen molar-refractivity contribution >= 4 is 46.0 Å². The Morgan fingerprint density at radius 2 is 2.00 bits per heavy atom. The Bertz CT molecular complexity index is 1040. The van der Waals surface area contributed by atoms with Gasteiger partial charge in [0.2, 0.25) is 0 Å². The summed E-state index contributed by atoms with van der Waals surface area (Å²) in [6.45, 7) is 0.344. The van der Waals surface area contributed by atoms with Crippen LogP contribution in [0.4, 0.5) is 0 Å². The molecule has 5 rings (SSSR count). The van der Waals surface area contributed by atoms with Gasteiger partial charge in [0.25, 0.3) is 0 Å². The van der Waals surface area contributed by atoms with Crippen molar-refractivity contribution in [2.45, 2.75) is 41.0 Å². The van der Waals surface area contributed by atoms with E-state index in [1.54, 1.807) is 23.1 Å². The Hall–Kier alpha value is -1.21. The maximum absolute atomic E-state index is 11.3. The lowest BCUT2D eigenvalue weighted by Gasteiger charge is -2.48. The van der Waals surface area contributed by atoms with Crippen LogP contribution >= 0.6 is 46.0 Å². The molecule has 10 heteroatoms. The van der Waals surface area contributed by atoms with E-state index >= 15 is 0 Å². The van der Waals surface area contributed by atoms with Crippen LogP contribution in [-0.2, 0) is 14.2 Å². The molecule has 0 radical (unpaired) electrons. The highest BCUT2D eigenvalue weighted by atomic mass is 127. The van der Waals surface area contributed by atoms with E-state index < -0.39 is 30.0 Å². The lowest BCUT2D eigenvalue weighted by Crippen LogP contribution is -2.58. The molecule has 0 amide bonds. The quantitative estimate of drug-likeness (QED) is 0.473. The zero-order valence-corrected chi connectivity index (χ0v) is 19.9. The first-order valence-electron chi connectivity index (χ1n) is 9.72. The summed E-state index contributed by atoms with van der Waals surface area (Å²) in [5, 5.41) is 16.4. The van der Waals surface area contributed by atoms with Crippen molar-refractivity contribution < 1.29 is 19.3 Å². The van der Waals surface area contributed by atoms with Crippen LogP contribution in [-0.4, -0.2) is 50.2 Å². The van der Waals surface area contributed by atoms with Crippen LogP contribution in [0.15, 0.2) is 66.0 Å². The number of thioether (sulfide) groups is 1. The summed E-state index contributed by atoms with van der Waals surface area (Å²) in [6, 6.07) is 13.0. The maximum atomic E-state index is 11.3. The van der Waals surface area contributed by atoms with E-state index in [1.165, 1.54) is 11.8 Å². The van der Waals surface area contributed by atoms with E-state index in [-0.39, 0.29) is 6.10 Å². The molecule has 31 heavy (non-hydrogen) atoms. The molecule has 4 heterocycles. The van der Waals surface area contributed by atoms with Gasteiger partial charge in [0, 0.05) is 29.0 Å². The number of ether oxygens (including phenoxy) is 3. The molecule has 0 aliphatic carbocycles. The Kier molecular flexibility index (Phi) is 6.52. The number of rotatable bonds is 4. The number of fused-ring (bicyclic) bond motifs is 1. The topological polar surface area (TPSA) is 78.6 Å². The van der Waals surface area contributed by atoms with Crippen molar-refractivity contribution in [3.05, 3.63) is 75.3 Å². The molecule has 2 aromatic heterocycles. The minimum Gasteiger partial charge on any atom is -0.387 e. The minimum atomic E-state index is -0.879. The van der Waals surface area contributed by atoms with E-state index in [4.69, 9.17) is 25.8 Å². The van der Waals surface area contributed by atoms with E-state index in [1.807, 2.05) is 42.6 Å². The van der Waals surface area contributed by atoms with Crippen LogP contribution in [0.1, 0.15) is 17.9 Å². The number of nitrogens with zero attached hydrogens (tertiary/aromatic N) is 3. The molecule has 2 saturated heterocycles. The Morgan fingerprint density at radius 1 is 1.16 bits per heavy atom. The highest BCUT2D eigenvalue weighted by molar-refractivity contribution is 14.1. The fourth-order valence-corrected chi connectivity index (χ4v) is 5.57. The molecule has 2 aliphatic rings. The molecule has 2 aliphatic heterocycles. The summed E-state index contributed by atoms with van der Waals surface area (Å²) in [5.74, 6) is 0. The summed E-state index contributed by atoms with van der Waals surface area (Å²) in [5.41, 5.74) is 0.361. The number of hydrogen-bond donors (Lipinski definition) is 1. The number of aromatic nitrogens is 3. The third-order valence-corrected chi connectivity index (χ3v) is 7.12. The summed E-state index contributed by atoms with van der Waals surface area (Å²) < 4.78 is 21.1. The first-order valence-corrected chi connectivity index (χ1v) is 12.1. The number of halogens is 2. The molecule has 3 aromatic rings. The van der Waals surface area contributed by atoms with Gasteiger partial charge in [-0.2, -0.15) is 5.10 Å². The van der Waals surface area contributed by atoms with Gasteiger partial charge in [-0.05, 0) is 34.7 Å². The predicted octanol–water partition coefficient (Wildman–Crippen LogP) is 4.07. The zero-order chi connectivity index (χ0) is 21.4. The average Bonchev–Trinajstić information content (AvgIpc) is 3.20.